The number of carboxylic acid groups (broad SMARTS) is 1. The molecule has 6 atom stereocenters. The minimum Gasteiger partial charge on any atom is -0.479 e. The van der Waals surface area contributed by atoms with Crippen molar-refractivity contribution in [3.8, 4) is 0 Å². The molecule has 0 aromatic heterocycles. The quantitative estimate of drug-likeness (QED) is 0.378. The SMILES string of the molecule is CC(C(=O)O[C@@H]1OC(C(=O)O)[C@@H](O)C(O)[C@@H]1O)c1cccc(C(=O)c2ccccc2)c1. The molecule has 31 heavy (non-hydrogen) atoms. The van der Waals surface area contributed by atoms with Crippen LogP contribution in [0.15, 0.2) is 54.6 Å². The number of hydrogen-bond acceptors (Lipinski definition) is 8. The van der Waals surface area contributed by atoms with Crippen molar-refractivity contribution in [3.63, 3.8) is 0 Å². The number of ether oxygens (including phenoxy) is 2. The summed E-state index contributed by atoms with van der Waals surface area (Å²) in [5.41, 5.74) is 1.30. The van der Waals surface area contributed by atoms with Gasteiger partial charge in [-0.15, -0.1) is 0 Å². The van der Waals surface area contributed by atoms with Gasteiger partial charge in [0.05, 0.1) is 5.92 Å². The number of aliphatic hydroxyl groups is 3. The van der Waals surface area contributed by atoms with Crippen LogP contribution in [0.2, 0.25) is 0 Å². The molecule has 1 saturated heterocycles. The first-order valence-corrected chi connectivity index (χ1v) is 9.53. The zero-order valence-corrected chi connectivity index (χ0v) is 16.5. The number of carbonyl (C=O) groups is 3. The first-order chi connectivity index (χ1) is 14.7. The lowest BCUT2D eigenvalue weighted by molar-refractivity contribution is -0.286. The Hall–Kier alpha value is -3.11. The highest BCUT2D eigenvalue weighted by atomic mass is 16.7. The maximum Gasteiger partial charge on any atom is 0.335 e. The Morgan fingerprint density at radius 1 is 0.903 bits per heavy atom. The van der Waals surface area contributed by atoms with Crippen molar-refractivity contribution in [1.82, 2.24) is 0 Å². The van der Waals surface area contributed by atoms with Gasteiger partial charge in [-0.25, -0.2) is 4.79 Å². The molecule has 1 aliphatic rings. The van der Waals surface area contributed by atoms with E-state index in [9.17, 15) is 29.7 Å². The molecule has 0 saturated carbocycles. The summed E-state index contributed by atoms with van der Waals surface area (Å²) in [6, 6.07) is 15.0. The third-order valence-electron chi connectivity index (χ3n) is 5.08. The molecular weight excluding hydrogens is 408 g/mol. The van der Waals surface area contributed by atoms with E-state index < -0.39 is 48.6 Å². The average molecular weight is 430 g/mol. The number of aliphatic hydroxyl groups excluding tert-OH is 3. The fourth-order valence-corrected chi connectivity index (χ4v) is 3.21. The molecule has 0 bridgehead atoms. The van der Waals surface area contributed by atoms with Crippen LogP contribution in [0, 0.1) is 0 Å². The maximum atomic E-state index is 12.6. The van der Waals surface area contributed by atoms with Crippen LogP contribution in [0.4, 0.5) is 0 Å². The van der Waals surface area contributed by atoms with Crippen LogP contribution in [0.3, 0.4) is 0 Å². The fraction of sp³-hybridized carbons (Fsp3) is 0.318. The van der Waals surface area contributed by atoms with Gasteiger partial charge in [0.2, 0.25) is 6.29 Å². The predicted octanol–water partition coefficient (Wildman–Crippen LogP) is 0.457. The molecule has 0 aliphatic carbocycles. The Morgan fingerprint density at radius 3 is 2.19 bits per heavy atom. The van der Waals surface area contributed by atoms with E-state index >= 15 is 0 Å². The summed E-state index contributed by atoms with van der Waals surface area (Å²) in [6.45, 7) is 1.50. The molecule has 3 unspecified atom stereocenters. The smallest absolute Gasteiger partial charge is 0.335 e. The van der Waals surface area contributed by atoms with E-state index in [2.05, 4.69) is 0 Å². The number of ketones is 1. The van der Waals surface area contributed by atoms with Crippen molar-refractivity contribution in [3.05, 3.63) is 71.3 Å². The standard InChI is InChI=1S/C22H22O9/c1-11(13-8-5-9-14(10-13)15(23)12-6-3-2-4-7-12)21(29)31-22-18(26)16(24)17(25)19(30-22)20(27)28/h2-11,16-19,22,24-26H,1H3,(H,27,28)/t11?,16?,17-,18-,19?,22-/m0/s1. The zero-order chi connectivity index (χ0) is 22.7. The van der Waals surface area contributed by atoms with Gasteiger partial charge in [0.25, 0.3) is 0 Å². The monoisotopic (exact) mass is 430 g/mol. The number of benzene rings is 2. The lowest BCUT2D eigenvalue weighted by Gasteiger charge is -2.38. The molecule has 1 fully saturated rings. The molecule has 0 amide bonds. The van der Waals surface area contributed by atoms with Crippen LogP contribution in [0.1, 0.15) is 34.3 Å². The minimum absolute atomic E-state index is 0.226. The summed E-state index contributed by atoms with van der Waals surface area (Å²) in [4.78, 5) is 36.4. The van der Waals surface area contributed by atoms with E-state index in [1.807, 2.05) is 0 Å². The van der Waals surface area contributed by atoms with Crippen LogP contribution >= 0.6 is 0 Å². The van der Waals surface area contributed by atoms with Crippen molar-refractivity contribution in [2.75, 3.05) is 0 Å². The van der Waals surface area contributed by atoms with Crippen molar-refractivity contribution < 1.29 is 44.3 Å². The van der Waals surface area contributed by atoms with E-state index in [1.54, 1.807) is 48.5 Å². The Morgan fingerprint density at radius 2 is 1.55 bits per heavy atom. The number of carbonyl (C=O) groups excluding carboxylic acids is 2. The Labute approximate surface area is 177 Å². The van der Waals surface area contributed by atoms with E-state index in [1.165, 1.54) is 13.0 Å². The molecule has 0 radical (unpaired) electrons. The Balaban J connectivity index is 1.74. The van der Waals surface area contributed by atoms with Crippen molar-refractivity contribution in [2.45, 2.75) is 43.5 Å². The minimum atomic E-state index is -1.89. The van der Waals surface area contributed by atoms with Gasteiger partial charge in [-0.05, 0) is 18.6 Å². The van der Waals surface area contributed by atoms with E-state index in [0.29, 0.717) is 16.7 Å². The Kier molecular flexibility index (Phi) is 6.81. The molecule has 1 aliphatic heterocycles. The molecule has 2 aromatic rings. The van der Waals surface area contributed by atoms with Crippen molar-refractivity contribution >= 4 is 17.7 Å². The van der Waals surface area contributed by atoms with Gasteiger partial charge < -0.3 is 29.9 Å². The molecular formula is C22H22O9. The molecule has 9 nitrogen and oxygen atoms in total. The van der Waals surface area contributed by atoms with Gasteiger partial charge in [-0.1, -0.05) is 48.5 Å². The van der Waals surface area contributed by atoms with Gasteiger partial charge in [0.15, 0.2) is 11.9 Å². The molecule has 0 spiro atoms. The molecule has 2 aromatic carbocycles. The van der Waals surface area contributed by atoms with Crippen molar-refractivity contribution in [1.29, 1.82) is 0 Å². The van der Waals surface area contributed by atoms with E-state index in [-0.39, 0.29) is 5.78 Å². The number of esters is 1. The first kappa shape index (κ1) is 22.6. The van der Waals surface area contributed by atoms with Gasteiger partial charge in [0, 0.05) is 11.1 Å². The van der Waals surface area contributed by atoms with Gasteiger partial charge in [-0.3, -0.25) is 9.59 Å². The van der Waals surface area contributed by atoms with Crippen LogP contribution < -0.4 is 0 Å². The summed E-state index contributed by atoms with van der Waals surface area (Å²) in [7, 11) is 0. The summed E-state index contributed by atoms with van der Waals surface area (Å²) < 4.78 is 10.0. The van der Waals surface area contributed by atoms with Gasteiger partial charge in [0.1, 0.15) is 18.3 Å². The highest BCUT2D eigenvalue weighted by Gasteiger charge is 2.48. The van der Waals surface area contributed by atoms with E-state index in [4.69, 9.17) is 14.6 Å². The van der Waals surface area contributed by atoms with Gasteiger partial charge >= 0.3 is 11.9 Å². The second-order valence-electron chi connectivity index (χ2n) is 7.21. The second kappa shape index (κ2) is 9.36. The number of aliphatic carboxylic acids is 1. The highest BCUT2D eigenvalue weighted by molar-refractivity contribution is 6.09. The molecule has 3 rings (SSSR count). The third-order valence-corrected chi connectivity index (χ3v) is 5.08. The van der Waals surface area contributed by atoms with Gasteiger partial charge in [-0.2, -0.15) is 0 Å². The maximum absolute atomic E-state index is 12.6. The predicted molar refractivity (Wildman–Crippen MR) is 105 cm³/mol. The Bertz CT molecular complexity index is 958. The lowest BCUT2D eigenvalue weighted by atomic mass is 9.95. The van der Waals surface area contributed by atoms with Crippen LogP contribution in [-0.2, 0) is 19.1 Å². The number of rotatable bonds is 6. The summed E-state index contributed by atoms with van der Waals surface area (Å²) in [5.74, 6) is -3.58. The van der Waals surface area contributed by atoms with Crippen LogP contribution in [0.25, 0.3) is 0 Å². The number of hydrogen-bond donors (Lipinski definition) is 4. The molecule has 1 heterocycles. The number of carboxylic acids is 1. The van der Waals surface area contributed by atoms with Crippen molar-refractivity contribution in [2.24, 2.45) is 0 Å². The van der Waals surface area contributed by atoms with Crippen LogP contribution in [-0.4, -0.2) is 68.9 Å². The molecule has 9 heteroatoms. The largest absolute Gasteiger partial charge is 0.479 e. The fourth-order valence-electron chi connectivity index (χ4n) is 3.21. The molecule has 4 N–H and O–H groups in total. The summed E-state index contributed by atoms with van der Waals surface area (Å²) >= 11 is 0. The lowest BCUT2D eigenvalue weighted by Crippen LogP contribution is -2.60. The molecule has 164 valence electrons. The summed E-state index contributed by atoms with van der Waals surface area (Å²) in [5, 5.41) is 38.6. The highest BCUT2D eigenvalue weighted by Crippen LogP contribution is 2.26. The first-order valence-electron chi connectivity index (χ1n) is 9.53. The summed E-state index contributed by atoms with van der Waals surface area (Å²) in [6.07, 6.45) is -9.27. The second-order valence-corrected chi connectivity index (χ2v) is 7.21. The van der Waals surface area contributed by atoms with E-state index in [0.717, 1.165) is 0 Å². The zero-order valence-electron chi connectivity index (χ0n) is 16.5. The third kappa shape index (κ3) is 4.80. The normalized spacial score (nSPS) is 26.6. The average Bonchev–Trinajstić information content (AvgIpc) is 2.78. The van der Waals surface area contributed by atoms with Crippen LogP contribution in [0.5, 0.6) is 0 Å². The topological polar surface area (TPSA) is 151 Å².